The van der Waals surface area contributed by atoms with Crippen molar-refractivity contribution in [2.45, 2.75) is 31.7 Å². The Hall–Kier alpha value is -3.17. The number of benzene rings is 1. The average molecular weight is 442 g/mol. The van der Waals surface area contributed by atoms with Crippen molar-refractivity contribution in [2.75, 3.05) is 11.0 Å². The topological polar surface area (TPSA) is 123 Å². The molecule has 2 aromatic rings. The lowest BCUT2D eigenvalue weighted by Gasteiger charge is -2.19. The molecule has 4 N–H and O–H groups in total. The number of anilines is 1. The van der Waals surface area contributed by atoms with Gasteiger partial charge in [0.1, 0.15) is 0 Å². The summed E-state index contributed by atoms with van der Waals surface area (Å²) in [6.07, 6.45) is 14.4. The van der Waals surface area contributed by atoms with Crippen LogP contribution in [0.3, 0.4) is 0 Å². The van der Waals surface area contributed by atoms with E-state index in [-0.39, 0.29) is 0 Å². The molecule has 0 spiro atoms. The number of rotatable bonds is 9. The number of nitrogens with two attached hydrogens (primary N) is 1. The number of aromatic nitrogens is 2. The monoisotopic (exact) mass is 441 g/mol. The third-order valence-corrected chi connectivity index (χ3v) is 5.23. The molecule has 0 bridgehead atoms. The minimum atomic E-state index is -3.33. The van der Waals surface area contributed by atoms with E-state index in [2.05, 4.69) is 39.0 Å². The van der Waals surface area contributed by atoms with Crippen LogP contribution in [0.5, 0.6) is 0 Å². The van der Waals surface area contributed by atoms with Crippen molar-refractivity contribution in [1.82, 2.24) is 15.5 Å². The van der Waals surface area contributed by atoms with Gasteiger partial charge in [0.25, 0.3) is 0 Å². The number of nitrogens with one attached hydrogen (secondary N) is 2. The zero-order chi connectivity index (χ0) is 22.3. The Morgan fingerprint density at radius 2 is 2.06 bits per heavy atom. The zero-order valence-electron chi connectivity index (χ0n) is 17.4. The highest BCUT2D eigenvalue weighted by Crippen LogP contribution is 2.27. The highest BCUT2D eigenvalue weighted by atomic mass is 32.2. The molecule has 3 rings (SSSR count). The molecule has 0 saturated heterocycles. The second kappa shape index (κ2) is 10.2. The summed E-state index contributed by atoms with van der Waals surface area (Å²) >= 11 is 0. The highest BCUT2D eigenvalue weighted by Gasteiger charge is 2.18. The van der Waals surface area contributed by atoms with E-state index in [9.17, 15) is 8.42 Å². The van der Waals surface area contributed by atoms with Crippen LogP contribution in [0.2, 0.25) is 0 Å². The van der Waals surface area contributed by atoms with E-state index in [1.807, 2.05) is 12.3 Å². The van der Waals surface area contributed by atoms with Crippen LogP contribution in [0.25, 0.3) is 11.5 Å². The third-order valence-electron chi connectivity index (χ3n) is 4.62. The predicted molar refractivity (Wildman–Crippen MR) is 122 cm³/mol. The van der Waals surface area contributed by atoms with Crippen molar-refractivity contribution in [3.05, 3.63) is 78.5 Å². The first kappa shape index (κ1) is 22.5. The normalized spacial score (nSPS) is 16.7. The Morgan fingerprint density at radius 1 is 1.29 bits per heavy atom. The lowest BCUT2D eigenvalue weighted by molar-refractivity contribution is 0.453. The Labute approximate surface area is 182 Å². The van der Waals surface area contributed by atoms with Crippen molar-refractivity contribution in [1.29, 1.82) is 0 Å². The summed E-state index contributed by atoms with van der Waals surface area (Å²) in [5.74, 6) is 0.704. The van der Waals surface area contributed by atoms with Gasteiger partial charge in [-0.2, -0.15) is 0 Å². The van der Waals surface area contributed by atoms with E-state index in [4.69, 9.17) is 10.2 Å². The van der Waals surface area contributed by atoms with Gasteiger partial charge in [0, 0.05) is 16.9 Å². The first-order valence-electron chi connectivity index (χ1n) is 9.92. The molecule has 0 unspecified atom stereocenters. The van der Waals surface area contributed by atoms with Crippen LogP contribution in [0.4, 0.5) is 5.69 Å². The van der Waals surface area contributed by atoms with Gasteiger partial charge in [0.05, 0.1) is 12.3 Å². The molecule has 1 atom stereocenters. The molecule has 0 radical (unpaired) electrons. The van der Waals surface area contributed by atoms with Crippen LogP contribution in [0.15, 0.2) is 77.0 Å². The quantitative estimate of drug-likeness (QED) is 0.506. The largest absolute Gasteiger partial charge is 0.419 e. The maximum Gasteiger partial charge on any atom is 0.247 e. The first-order valence-corrected chi connectivity index (χ1v) is 11.8. The number of hydrogen-bond donors (Lipinski definition) is 3. The summed E-state index contributed by atoms with van der Waals surface area (Å²) in [5.41, 5.74) is 9.82. The minimum absolute atomic E-state index is 0.338. The Bertz CT molecular complexity index is 1100. The molecular weight excluding hydrogens is 414 g/mol. The van der Waals surface area contributed by atoms with Crippen molar-refractivity contribution in [3.63, 3.8) is 0 Å². The van der Waals surface area contributed by atoms with E-state index < -0.39 is 16.1 Å². The molecule has 164 valence electrons. The van der Waals surface area contributed by atoms with Crippen LogP contribution >= 0.6 is 0 Å². The third kappa shape index (κ3) is 6.94. The Morgan fingerprint density at radius 3 is 2.71 bits per heavy atom. The van der Waals surface area contributed by atoms with Crippen LogP contribution < -0.4 is 15.8 Å². The van der Waals surface area contributed by atoms with Crippen molar-refractivity contribution in [2.24, 2.45) is 5.73 Å². The molecule has 9 heteroatoms. The van der Waals surface area contributed by atoms with Gasteiger partial charge in [-0.25, -0.2) is 8.42 Å². The second-order valence-corrected chi connectivity index (χ2v) is 9.03. The Balaban J connectivity index is 1.58. The fourth-order valence-electron chi connectivity index (χ4n) is 3.11. The molecule has 0 fully saturated rings. The molecule has 0 aliphatic carbocycles. The van der Waals surface area contributed by atoms with Gasteiger partial charge < -0.3 is 15.5 Å². The summed E-state index contributed by atoms with van der Waals surface area (Å²) in [4.78, 5) is 0. The molecule has 1 aliphatic rings. The fourth-order valence-corrected chi connectivity index (χ4v) is 3.67. The molecule has 1 aromatic carbocycles. The molecule has 0 amide bonds. The molecule has 1 aromatic heterocycles. The van der Waals surface area contributed by atoms with Crippen molar-refractivity contribution in [3.8, 4) is 11.5 Å². The molecule has 0 saturated carbocycles. The number of nitrogens with zero attached hydrogens (tertiary/aromatic N) is 2. The van der Waals surface area contributed by atoms with Gasteiger partial charge in [-0.05, 0) is 56.1 Å². The zero-order valence-corrected chi connectivity index (χ0v) is 18.2. The van der Waals surface area contributed by atoms with Crippen molar-refractivity contribution < 1.29 is 12.8 Å². The summed E-state index contributed by atoms with van der Waals surface area (Å²) in [6.45, 7) is 3.66. The molecule has 8 nitrogen and oxygen atoms in total. The second-order valence-electron chi connectivity index (χ2n) is 7.28. The van der Waals surface area contributed by atoms with Crippen LogP contribution in [-0.2, 0) is 10.0 Å². The highest BCUT2D eigenvalue weighted by molar-refractivity contribution is 7.92. The molecule has 2 heterocycles. The summed E-state index contributed by atoms with van der Waals surface area (Å²) in [7, 11) is -3.33. The average Bonchev–Trinajstić information content (AvgIpc) is 3.22. The van der Waals surface area contributed by atoms with Gasteiger partial charge in [-0.3, -0.25) is 4.72 Å². The molecule has 1 aliphatic heterocycles. The number of sulfonamides is 1. The first-order chi connectivity index (χ1) is 14.8. The smallest absolute Gasteiger partial charge is 0.247 e. The number of hydrogen-bond acceptors (Lipinski definition) is 7. The van der Waals surface area contributed by atoms with Crippen LogP contribution in [0, 0.1) is 0 Å². The summed E-state index contributed by atoms with van der Waals surface area (Å²) < 4.78 is 30.8. The Kier molecular flexibility index (Phi) is 7.43. The lowest BCUT2D eigenvalue weighted by Crippen LogP contribution is -2.17. The van der Waals surface area contributed by atoms with E-state index >= 15 is 0 Å². The molecular formula is C22H27N5O3S. The standard InChI is InChI=1S/C22H27N5O3S/c1-3-4-5-6-7-18-11-8-16(15-24-18)14-20(23)22-26-25-21(30-22)17-9-12-19(13-10-17)27-31(2,28)29/h3-5,7,9-10,12-13,15,20,24,27H,1,6,8,11,14,23H2,2H3/b5-4?,18-7+/t20-/m0/s1. The summed E-state index contributed by atoms with van der Waals surface area (Å²) in [5, 5.41) is 11.5. The lowest BCUT2D eigenvalue weighted by atomic mass is 9.99. The van der Waals surface area contributed by atoms with Gasteiger partial charge in [0.15, 0.2) is 0 Å². The van der Waals surface area contributed by atoms with Gasteiger partial charge >= 0.3 is 0 Å². The molecule has 31 heavy (non-hydrogen) atoms. The van der Waals surface area contributed by atoms with E-state index in [1.165, 1.54) is 11.3 Å². The van der Waals surface area contributed by atoms with E-state index in [1.54, 1.807) is 30.3 Å². The van der Waals surface area contributed by atoms with Gasteiger partial charge in [0.2, 0.25) is 21.8 Å². The minimum Gasteiger partial charge on any atom is -0.419 e. The summed E-state index contributed by atoms with van der Waals surface area (Å²) in [6, 6.07) is 6.29. The van der Waals surface area contributed by atoms with Gasteiger partial charge in [-0.15, -0.1) is 10.2 Å². The maximum absolute atomic E-state index is 11.3. The van der Waals surface area contributed by atoms with E-state index in [0.717, 1.165) is 25.5 Å². The number of allylic oxidation sites excluding steroid dienone is 5. The maximum atomic E-state index is 11.3. The predicted octanol–water partition coefficient (Wildman–Crippen LogP) is 3.78. The van der Waals surface area contributed by atoms with Crippen LogP contribution in [0.1, 0.15) is 37.6 Å². The van der Waals surface area contributed by atoms with E-state index in [0.29, 0.717) is 29.5 Å². The fraction of sp³-hybridized carbons (Fsp3) is 0.273. The van der Waals surface area contributed by atoms with Crippen LogP contribution in [-0.4, -0.2) is 24.9 Å². The SMILES string of the molecule is C=CC=CC/C=C1\CCC(C[C@H](N)c2nnc(-c3ccc(NS(C)(=O)=O)cc3)o2)=CN1. The van der Waals surface area contributed by atoms with Gasteiger partial charge in [-0.1, -0.05) is 36.5 Å². The van der Waals surface area contributed by atoms with Crippen molar-refractivity contribution >= 4 is 15.7 Å².